The standard InChI is InChI=1S/C15H20O8/c16-5-11-12(17)13(18)14(15(19)23-11)22-9-3-1-8(2-4-9)20-6-10-7-21-10/h1-4,10-19H,5-7H2/t10?,11-,12-,13+,14-,15-/m1/s1. The Hall–Kier alpha value is -1.42. The summed E-state index contributed by atoms with van der Waals surface area (Å²) in [7, 11) is 0. The molecule has 128 valence electrons. The minimum Gasteiger partial charge on any atom is -0.491 e. The zero-order chi connectivity index (χ0) is 16.4. The topological polar surface area (TPSA) is 121 Å². The van der Waals surface area contributed by atoms with Crippen molar-refractivity contribution in [2.24, 2.45) is 0 Å². The highest BCUT2D eigenvalue weighted by molar-refractivity contribution is 5.31. The summed E-state index contributed by atoms with van der Waals surface area (Å²) in [6.45, 7) is 0.692. The van der Waals surface area contributed by atoms with Gasteiger partial charge in [0.1, 0.15) is 42.5 Å². The Morgan fingerprint density at radius 3 is 2.30 bits per heavy atom. The van der Waals surface area contributed by atoms with Gasteiger partial charge in [-0.3, -0.25) is 0 Å². The van der Waals surface area contributed by atoms with Crippen molar-refractivity contribution in [2.45, 2.75) is 36.8 Å². The van der Waals surface area contributed by atoms with Gasteiger partial charge in [-0.1, -0.05) is 0 Å². The number of benzene rings is 1. The van der Waals surface area contributed by atoms with Crippen LogP contribution in [0, 0.1) is 0 Å². The molecule has 1 aromatic rings. The lowest BCUT2D eigenvalue weighted by atomic mass is 9.99. The van der Waals surface area contributed by atoms with E-state index < -0.39 is 37.3 Å². The number of aliphatic hydroxyl groups is 4. The molecule has 6 atom stereocenters. The van der Waals surface area contributed by atoms with E-state index >= 15 is 0 Å². The van der Waals surface area contributed by atoms with Crippen LogP contribution < -0.4 is 9.47 Å². The van der Waals surface area contributed by atoms with Gasteiger partial charge in [0.05, 0.1) is 13.2 Å². The van der Waals surface area contributed by atoms with Crippen LogP contribution in [0.4, 0.5) is 0 Å². The van der Waals surface area contributed by atoms with Gasteiger partial charge in [0.2, 0.25) is 0 Å². The molecule has 8 heteroatoms. The van der Waals surface area contributed by atoms with E-state index in [1.807, 2.05) is 0 Å². The molecule has 0 aromatic heterocycles. The lowest BCUT2D eigenvalue weighted by Crippen LogP contribution is -2.60. The molecule has 2 fully saturated rings. The summed E-state index contributed by atoms with van der Waals surface area (Å²) in [4.78, 5) is 0. The molecule has 0 amide bonds. The first-order valence-electron chi connectivity index (χ1n) is 7.40. The van der Waals surface area contributed by atoms with E-state index in [0.29, 0.717) is 18.1 Å². The predicted molar refractivity (Wildman–Crippen MR) is 76.1 cm³/mol. The second-order valence-electron chi connectivity index (χ2n) is 5.55. The van der Waals surface area contributed by atoms with Gasteiger partial charge >= 0.3 is 0 Å². The first kappa shape index (κ1) is 16.4. The van der Waals surface area contributed by atoms with Crippen molar-refractivity contribution in [3.63, 3.8) is 0 Å². The maximum absolute atomic E-state index is 10.0. The summed E-state index contributed by atoms with van der Waals surface area (Å²) in [5.41, 5.74) is 0. The Balaban J connectivity index is 1.59. The van der Waals surface area contributed by atoms with Crippen molar-refractivity contribution in [3.8, 4) is 11.5 Å². The summed E-state index contributed by atoms with van der Waals surface area (Å²) in [5, 5.41) is 38.7. The van der Waals surface area contributed by atoms with E-state index in [1.54, 1.807) is 24.3 Å². The summed E-state index contributed by atoms with van der Waals surface area (Å²) in [5.74, 6) is 1.02. The smallest absolute Gasteiger partial charge is 0.195 e. The molecular formula is C15H20O8. The molecule has 2 aliphatic heterocycles. The largest absolute Gasteiger partial charge is 0.491 e. The van der Waals surface area contributed by atoms with Crippen LogP contribution in [-0.4, -0.2) is 77.1 Å². The number of hydrogen-bond acceptors (Lipinski definition) is 8. The van der Waals surface area contributed by atoms with E-state index in [1.165, 1.54) is 0 Å². The van der Waals surface area contributed by atoms with Crippen LogP contribution >= 0.6 is 0 Å². The highest BCUT2D eigenvalue weighted by Gasteiger charge is 2.45. The molecule has 1 unspecified atom stereocenters. The zero-order valence-corrected chi connectivity index (χ0v) is 12.3. The van der Waals surface area contributed by atoms with Gasteiger partial charge < -0.3 is 39.4 Å². The lowest BCUT2D eigenvalue weighted by molar-refractivity contribution is -0.280. The first-order chi connectivity index (χ1) is 11.1. The molecule has 0 aliphatic carbocycles. The van der Waals surface area contributed by atoms with Gasteiger partial charge in [0.25, 0.3) is 0 Å². The van der Waals surface area contributed by atoms with E-state index in [4.69, 9.17) is 24.1 Å². The summed E-state index contributed by atoms with van der Waals surface area (Å²) >= 11 is 0. The third-order valence-electron chi connectivity index (χ3n) is 3.78. The molecule has 2 heterocycles. The minimum absolute atomic E-state index is 0.163. The van der Waals surface area contributed by atoms with Gasteiger partial charge in [0, 0.05) is 0 Å². The molecule has 23 heavy (non-hydrogen) atoms. The number of rotatable bonds is 6. The summed E-state index contributed by atoms with van der Waals surface area (Å²) < 4.78 is 21.1. The molecule has 3 rings (SSSR count). The lowest BCUT2D eigenvalue weighted by Gasteiger charge is -2.39. The number of aliphatic hydroxyl groups excluding tert-OH is 4. The number of epoxide rings is 1. The van der Waals surface area contributed by atoms with Crippen molar-refractivity contribution in [2.75, 3.05) is 19.8 Å². The van der Waals surface area contributed by atoms with Crippen molar-refractivity contribution in [1.29, 1.82) is 0 Å². The maximum atomic E-state index is 10.0. The molecule has 0 bridgehead atoms. The average molecular weight is 328 g/mol. The fourth-order valence-electron chi connectivity index (χ4n) is 2.32. The van der Waals surface area contributed by atoms with Gasteiger partial charge in [-0.05, 0) is 24.3 Å². The van der Waals surface area contributed by atoms with Crippen molar-refractivity contribution < 1.29 is 39.4 Å². The molecule has 8 nitrogen and oxygen atoms in total. The molecule has 2 saturated heterocycles. The van der Waals surface area contributed by atoms with Crippen molar-refractivity contribution >= 4 is 0 Å². The predicted octanol–water partition coefficient (Wildman–Crippen LogP) is -1.36. The second-order valence-corrected chi connectivity index (χ2v) is 5.55. The maximum Gasteiger partial charge on any atom is 0.195 e. The van der Waals surface area contributed by atoms with Crippen LogP contribution in [0.5, 0.6) is 11.5 Å². The number of ether oxygens (including phenoxy) is 4. The highest BCUT2D eigenvalue weighted by Crippen LogP contribution is 2.26. The Labute approximate surface area is 132 Å². The monoisotopic (exact) mass is 328 g/mol. The van der Waals surface area contributed by atoms with Crippen LogP contribution in [-0.2, 0) is 9.47 Å². The minimum atomic E-state index is -1.46. The summed E-state index contributed by atoms with van der Waals surface area (Å²) in [6, 6.07) is 6.61. The Bertz CT molecular complexity index is 503. The third kappa shape index (κ3) is 3.92. The molecule has 1 aromatic carbocycles. The van der Waals surface area contributed by atoms with E-state index in [9.17, 15) is 15.3 Å². The van der Waals surface area contributed by atoms with Gasteiger partial charge in [-0.25, -0.2) is 0 Å². The van der Waals surface area contributed by atoms with Crippen LogP contribution in [0.3, 0.4) is 0 Å². The van der Waals surface area contributed by atoms with Gasteiger partial charge in [0.15, 0.2) is 12.4 Å². The van der Waals surface area contributed by atoms with Crippen molar-refractivity contribution in [1.82, 2.24) is 0 Å². The third-order valence-corrected chi connectivity index (χ3v) is 3.78. The molecule has 0 radical (unpaired) electrons. The highest BCUT2D eigenvalue weighted by atomic mass is 16.7. The molecule has 2 aliphatic rings. The molecular weight excluding hydrogens is 308 g/mol. The number of hydrogen-bond donors (Lipinski definition) is 4. The quantitative estimate of drug-likeness (QED) is 0.473. The molecule has 0 saturated carbocycles. The van der Waals surface area contributed by atoms with Crippen LogP contribution in [0.2, 0.25) is 0 Å². The van der Waals surface area contributed by atoms with E-state index in [0.717, 1.165) is 6.61 Å². The normalized spacial score (nSPS) is 36.5. The Morgan fingerprint density at radius 1 is 1.04 bits per heavy atom. The van der Waals surface area contributed by atoms with Gasteiger partial charge in [-0.2, -0.15) is 0 Å². The summed E-state index contributed by atoms with van der Waals surface area (Å²) in [6.07, 6.45) is -6.27. The average Bonchev–Trinajstić information content (AvgIpc) is 3.38. The van der Waals surface area contributed by atoms with E-state index in [2.05, 4.69) is 0 Å². The van der Waals surface area contributed by atoms with Crippen LogP contribution in [0.15, 0.2) is 24.3 Å². The SMILES string of the molecule is OC[C@H]1O[C@@H](O)[C@H](Oc2ccc(OCC3CO3)cc2)[C@@H](O)[C@@H]1O. The first-order valence-corrected chi connectivity index (χ1v) is 7.40. The van der Waals surface area contributed by atoms with Crippen LogP contribution in [0.1, 0.15) is 0 Å². The molecule has 0 spiro atoms. The van der Waals surface area contributed by atoms with Gasteiger partial charge in [-0.15, -0.1) is 0 Å². The Kier molecular flexibility index (Phi) is 5.00. The molecule has 4 N–H and O–H groups in total. The second kappa shape index (κ2) is 7.00. The fourth-order valence-corrected chi connectivity index (χ4v) is 2.32. The fraction of sp³-hybridized carbons (Fsp3) is 0.600. The van der Waals surface area contributed by atoms with Crippen LogP contribution in [0.25, 0.3) is 0 Å². The Morgan fingerprint density at radius 2 is 1.70 bits per heavy atom. The van der Waals surface area contributed by atoms with E-state index in [-0.39, 0.29) is 6.10 Å². The zero-order valence-electron chi connectivity index (χ0n) is 12.3. The van der Waals surface area contributed by atoms with Crippen molar-refractivity contribution in [3.05, 3.63) is 24.3 Å².